The number of nitrogens with one attached hydrogen (secondary N) is 1. The Kier molecular flexibility index (Phi) is 21.7. The van der Waals surface area contributed by atoms with Crippen LogP contribution in [-0.2, 0) is 69.3 Å². The van der Waals surface area contributed by atoms with E-state index in [0.717, 1.165) is 44.9 Å². The number of nitrogens with zero attached hydrogens (tertiary/aromatic N) is 6. The van der Waals surface area contributed by atoms with Crippen molar-refractivity contribution in [1.82, 2.24) is 19.5 Å². The fraction of sp³-hybridized carbons (Fsp3) is 0.478. The smallest absolute Gasteiger partial charge is 0.396 e. The minimum absolute atomic E-state index is 0.0610. The number of carbonyl (C=O) groups is 1. The largest absolute Gasteiger partial charge is 0.497 e. The number of carbonyl (C=O) groups excluding carboxylic acids is 1. The van der Waals surface area contributed by atoms with Gasteiger partial charge in [-0.25, -0.2) is 15.0 Å². The molecular formula is C69H85F6N7O9. The molecule has 2 fully saturated rings. The molecule has 7 aromatic rings. The maximum Gasteiger partial charge on any atom is 0.396 e. The van der Waals surface area contributed by atoms with Crippen LogP contribution >= 0.6 is 0 Å². The van der Waals surface area contributed by atoms with E-state index in [1.165, 1.54) is 0 Å². The molecule has 2 aliphatic heterocycles. The number of aromatic nitrogens is 4. The first-order chi connectivity index (χ1) is 42.8. The Labute approximate surface area is 529 Å². The zero-order valence-electron chi connectivity index (χ0n) is 54.6. The van der Waals surface area contributed by atoms with Crippen LogP contribution in [0.4, 0.5) is 43.7 Å². The molecule has 0 radical (unpaired) electrons. The Hall–Kier alpha value is -7.66. The molecule has 0 unspecified atom stereocenters. The molecule has 0 spiro atoms. The fourth-order valence-corrected chi connectivity index (χ4v) is 10.8. The summed E-state index contributed by atoms with van der Waals surface area (Å²) in [5, 5.41) is 3.49. The van der Waals surface area contributed by atoms with Gasteiger partial charge in [-0.3, -0.25) is 4.79 Å². The molecule has 2 saturated heterocycles. The molecule has 1 N–H and O–H groups in total. The molecule has 3 aromatic heterocycles. The molecular weight excluding hydrogens is 1180 g/mol. The summed E-state index contributed by atoms with van der Waals surface area (Å²) in [6, 6.07) is 30.6. The molecule has 0 saturated carbocycles. The number of halogens is 6. The van der Waals surface area contributed by atoms with Crippen molar-refractivity contribution in [2.45, 2.75) is 145 Å². The van der Waals surface area contributed by atoms with Crippen LogP contribution in [0.1, 0.15) is 104 Å². The highest BCUT2D eigenvalue weighted by Crippen LogP contribution is 2.40. The van der Waals surface area contributed by atoms with Crippen LogP contribution in [0.2, 0.25) is 0 Å². The molecule has 2 aliphatic rings. The third kappa shape index (κ3) is 18.5. The van der Waals surface area contributed by atoms with E-state index in [-0.39, 0.29) is 12.4 Å². The third-order valence-electron chi connectivity index (χ3n) is 16.4. The van der Waals surface area contributed by atoms with Gasteiger partial charge >= 0.3 is 12.4 Å². The van der Waals surface area contributed by atoms with Crippen molar-refractivity contribution in [3.05, 3.63) is 153 Å². The van der Waals surface area contributed by atoms with Crippen LogP contribution in [0, 0.1) is 38.5 Å². The van der Waals surface area contributed by atoms with E-state index in [1.54, 1.807) is 33.0 Å². The minimum Gasteiger partial charge on any atom is -0.497 e. The lowest BCUT2D eigenvalue weighted by atomic mass is 9.90. The monoisotopic (exact) mass is 1270 g/mol. The van der Waals surface area contributed by atoms with Gasteiger partial charge in [-0.1, -0.05) is 62.4 Å². The molecule has 5 heterocycles. The van der Waals surface area contributed by atoms with Crippen LogP contribution in [0.15, 0.2) is 97.1 Å². The average Bonchev–Trinajstić information content (AvgIpc) is 1.67. The van der Waals surface area contributed by atoms with E-state index < -0.39 is 59.8 Å². The second-order valence-electron chi connectivity index (χ2n) is 25.3. The molecule has 4 aromatic carbocycles. The number of rotatable bonds is 23. The van der Waals surface area contributed by atoms with E-state index in [4.69, 9.17) is 52.8 Å². The number of imidazole rings is 1. The van der Waals surface area contributed by atoms with Crippen LogP contribution in [0.25, 0.3) is 11.0 Å². The highest BCUT2D eigenvalue weighted by molar-refractivity contribution is 5.90. The first-order valence-electron chi connectivity index (χ1n) is 30.1. The molecule has 0 bridgehead atoms. The normalized spacial score (nSPS) is 15.9. The van der Waals surface area contributed by atoms with Crippen LogP contribution in [0.3, 0.4) is 0 Å². The summed E-state index contributed by atoms with van der Waals surface area (Å²) in [5.41, 5.74) is 7.88. The third-order valence-corrected chi connectivity index (χ3v) is 16.4. The van der Waals surface area contributed by atoms with E-state index in [9.17, 15) is 31.1 Å². The van der Waals surface area contributed by atoms with Gasteiger partial charge in [0.2, 0.25) is 0 Å². The highest BCUT2D eigenvalue weighted by Gasteiger charge is 2.41. The number of methoxy groups -OCH3 is 4. The minimum atomic E-state index is -4.62. The number of aryl methyl sites for hydroxylation is 3. The Morgan fingerprint density at radius 1 is 0.538 bits per heavy atom. The topological polar surface area (TPSA) is 153 Å². The molecule has 0 amide bonds. The zero-order chi connectivity index (χ0) is 66.3. The molecule has 91 heavy (non-hydrogen) atoms. The van der Waals surface area contributed by atoms with E-state index in [1.807, 2.05) is 171 Å². The SMILES string of the molecule is COc1ccc(CN(Cc2ccc(OC)cc2)c2nc(C)c(C)c(NCC3(C)COC(C)(C)OC3)c2CC(=O)CC(F)(F)F)cc1.COc1ccc(CN(Cc2ccc(OC)cc2)c2nc(C)c(C)c3c2nc(CC(F)(F)F)n3CC2(C)COC(C)(C)OC2)cc1. The summed E-state index contributed by atoms with van der Waals surface area (Å²) in [5.74, 6) is 1.37. The van der Waals surface area contributed by atoms with Gasteiger partial charge in [0.05, 0.1) is 60.4 Å². The molecule has 0 atom stereocenters. The van der Waals surface area contributed by atoms with Crippen LogP contribution < -0.4 is 34.1 Å². The lowest BCUT2D eigenvalue weighted by Gasteiger charge is -2.41. The van der Waals surface area contributed by atoms with Gasteiger partial charge in [0.15, 0.2) is 17.4 Å². The maximum absolute atomic E-state index is 14.0. The van der Waals surface area contributed by atoms with Crippen molar-refractivity contribution in [2.75, 3.05) is 76.5 Å². The lowest BCUT2D eigenvalue weighted by Crippen LogP contribution is -2.48. The average molecular weight is 1270 g/mol. The molecule has 492 valence electrons. The Morgan fingerprint density at radius 3 is 1.30 bits per heavy atom. The molecule has 16 nitrogen and oxygen atoms in total. The fourth-order valence-electron chi connectivity index (χ4n) is 10.8. The van der Waals surface area contributed by atoms with Crippen molar-refractivity contribution in [1.29, 1.82) is 0 Å². The Balaban J connectivity index is 0.000000235. The number of alkyl halides is 6. The maximum atomic E-state index is 14.0. The first kappa shape index (κ1) is 69.2. The lowest BCUT2D eigenvalue weighted by molar-refractivity contribution is -0.284. The van der Waals surface area contributed by atoms with E-state index in [2.05, 4.69) is 10.2 Å². The van der Waals surface area contributed by atoms with Crippen LogP contribution in [0.5, 0.6) is 23.0 Å². The predicted molar refractivity (Wildman–Crippen MR) is 338 cm³/mol. The number of pyridine rings is 2. The van der Waals surface area contributed by atoms with Crippen molar-refractivity contribution in [3.8, 4) is 23.0 Å². The van der Waals surface area contributed by atoms with Crippen molar-refractivity contribution >= 4 is 34.1 Å². The number of fused-ring (bicyclic) bond motifs is 1. The second kappa shape index (κ2) is 28.5. The van der Waals surface area contributed by atoms with Crippen LogP contribution in [-0.4, -0.2) is 111 Å². The Morgan fingerprint density at radius 2 is 0.912 bits per heavy atom. The summed E-state index contributed by atoms with van der Waals surface area (Å²) in [4.78, 5) is 31.6. The van der Waals surface area contributed by atoms with Gasteiger partial charge in [-0.15, -0.1) is 0 Å². The number of ether oxygens (including phenoxy) is 8. The quantitative estimate of drug-likeness (QED) is 0.0604. The van der Waals surface area contributed by atoms with E-state index >= 15 is 0 Å². The number of benzene rings is 4. The zero-order valence-corrected chi connectivity index (χ0v) is 54.6. The van der Waals surface area contributed by atoms with Gasteiger partial charge in [-0.05, 0) is 137 Å². The predicted octanol–water partition coefficient (Wildman–Crippen LogP) is 14.4. The molecule has 22 heteroatoms. The number of hydrogen-bond acceptors (Lipinski definition) is 15. The van der Waals surface area contributed by atoms with Gasteiger partial charge in [0, 0.05) is 79.2 Å². The molecule has 9 rings (SSSR count). The highest BCUT2D eigenvalue weighted by atomic mass is 19.4. The van der Waals surface area contributed by atoms with Gasteiger partial charge < -0.3 is 57.6 Å². The van der Waals surface area contributed by atoms with E-state index in [0.29, 0.717) is 116 Å². The number of hydrogen-bond donors (Lipinski definition) is 1. The van der Waals surface area contributed by atoms with Gasteiger partial charge in [0.1, 0.15) is 58.8 Å². The standard InChI is InChI=1S/C35H44F3N3O5.C34H41F3N4O4/c1-23-24(2)40-32(41(18-25-8-12-28(43-6)13-9-25)19-26-10-14-29(44-7)15-11-26)30(16-27(42)17-35(36,37)38)31(23)39-20-34(5)21-45-33(3,4)46-22-34;1-22-23(2)38-31(40(17-24-8-12-26(42-6)13-9-24)18-25-10-14-27(43-7)15-11-25)29-30(22)41(28(39-29)16-34(35,36)37)19-33(5)20-44-32(3,4)45-21-33/h8-15H,16-22H2,1-7H3,(H,39,40);8-15H,16-21H2,1-7H3. The second-order valence-corrected chi connectivity index (χ2v) is 25.3. The number of ketones is 1. The summed E-state index contributed by atoms with van der Waals surface area (Å²) in [6.07, 6.45) is -12.2. The Bertz CT molecular complexity index is 3480. The number of anilines is 3. The summed E-state index contributed by atoms with van der Waals surface area (Å²) >= 11 is 0. The van der Waals surface area contributed by atoms with Crippen molar-refractivity contribution in [3.63, 3.8) is 0 Å². The summed E-state index contributed by atoms with van der Waals surface area (Å²) < 4.78 is 129. The first-order valence-corrected chi connectivity index (χ1v) is 30.1. The summed E-state index contributed by atoms with van der Waals surface area (Å²) in [6.45, 7) is 22.7. The van der Waals surface area contributed by atoms with Crippen molar-refractivity contribution < 1.29 is 69.0 Å². The van der Waals surface area contributed by atoms with Crippen molar-refractivity contribution in [2.24, 2.45) is 10.8 Å². The van der Waals surface area contributed by atoms with Gasteiger partial charge in [-0.2, -0.15) is 26.3 Å². The van der Waals surface area contributed by atoms with Gasteiger partial charge in [0.25, 0.3) is 0 Å². The molecule has 0 aliphatic carbocycles. The summed E-state index contributed by atoms with van der Waals surface area (Å²) in [7, 11) is 6.41. The number of Topliss-reactive ketones (excluding diaryl/α,β-unsaturated/α-hetero) is 1.